The van der Waals surface area contributed by atoms with E-state index >= 15 is 0 Å². The molecule has 0 bridgehead atoms. The van der Waals surface area contributed by atoms with Crippen molar-refractivity contribution >= 4 is 49.9 Å². The van der Waals surface area contributed by atoms with Crippen LogP contribution < -0.4 is 0 Å². The van der Waals surface area contributed by atoms with Gasteiger partial charge in [0.25, 0.3) is 0 Å². The minimum absolute atomic E-state index is 0.847. The van der Waals surface area contributed by atoms with Gasteiger partial charge in [0.1, 0.15) is 0 Å². The molecule has 0 fully saturated rings. The molecule has 0 radical (unpaired) electrons. The number of benzene rings is 2. The van der Waals surface area contributed by atoms with Crippen LogP contribution in [0.4, 0.5) is 0 Å². The summed E-state index contributed by atoms with van der Waals surface area (Å²) in [5, 5.41) is 10.8. The van der Waals surface area contributed by atoms with Crippen molar-refractivity contribution in [1.29, 1.82) is 0 Å². The third kappa shape index (κ3) is 2.11. The van der Waals surface area contributed by atoms with Gasteiger partial charge in [0.2, 0.25) is 5.16 Å². The molecule has 0 aliphatic carbocycles. The van der Waals surface area contributed by atoms with Crippen molar-refractivity contribution in [3.8, 4) is 0 Å². The lowest BCUT2D eigenvalue weighted by Crippen LogP contribution is -1.92. The maximum absolute atomic E-state index is 4.69. The third-order valence-corrected chi connectivity index (χ3v) is 6.07. The minimum Gasteiger partial charge on any atom is -0.270 e. The fourth-order valence-electron chi connectivity index (χ4n) is 2.91. The fourth-order valence-corrected chi connectivity index (χ4v) is 4.94. The van der Waals surface area contributed by atoms with E-state index < -0.39 is 0 Å². The molecule has 0 aliphatic heterocycles. The molecule has 0 saturated carbocycles. The van der Waals surface area contributed by atoms with Gasteiger partial charge >= 0.3 is 0 Å². The molecule has 0 unspecified atom stereocenters. The van der Waals surface area contributed by atoms with Gasteiger partial charge in [-0.05, 0) is 48.5 Å². The Morgan fingerprint density at radius 2 is 1.83 bits per heavy atom. The standard InChI is InChI=1S/C18H12N4S2/c1-11-10-16-20-21-17(22(16)14-8-4-2-6-12(11)14)24-18-19-13-7-3-5-9-15(13)23-18/h2-10H,1H3. The van der Waals surface area contributed by atoms with E-state index in [0.29, 0.717) is 0 Å². The van der Waals surface area contributed by atoms with Gasteiger partial charge in [-0.2, -0.15) is 0 Å². The van der Waals surface area contributed by atoms with E-state index in [1.165, 1.54) is 15.6 Å². The Hall–Kier alpha value is -2.44. The van der Waals surface area contributed by atoms with Crippen LogP contribution >= 0.6 is 23.1 Å². The van der Waals surface area contributed by atoms with Crippen molar-refractivity contribution in [2.24, 2.45) is 0 Å². The highest BCUT2D eigenvalue weighted by Crippen LogP contribution is 2.34. The Bertz CT molecular complexity index is 1170. The molecule has 2 aromatic carbocycles. The van der Waals surface area contributed by atoms with Gasteiger partial charge in [-0.1, -0.05) is 30.3 Å². The van der Waals surface area contributed by atoms with Gasteiger partial charge in [0.05, 0.1) is 15.7 Å². The van der Waals surface area contributed by atoms with Crippen LogP contribution in [0, 0.1) is 6.92 Å². The van der Waals surface area contributed by atoms with Crippen LogP contribution in [0.3, 0.4) is 0 Å². The van der Waals surface area contributed by atoms with Crippen LogP contribution in [-0.4, -0.2) is 19.6 Å². The lowest BCUT2D eigenvalue weighted by atomic mass is 10.1. The molecule has 0 N–H and O–H groups in total. The first-order chi connectivity index (χ1) is 11.8. The number of hydrogen-bond acceptors (Lipinski definition) is 5. The minimum atomic E-state index is 0.847. The van der Waals surface area contributed by atoms with E-state index in [0.717, 1.165) is 26.2 Å². The molecule has 6 heteroatoms. The van der Waals surface area contributed by atoms with E-state index in [1.807, 2.05) is 24.3 Å². The zero-order valence-corrected chi connectivity index (χ0v) is 14.4. The predicted molar refractivity (Wildman–Crippen MR) is 99.0 cm³/mol. The molecule has 0 amide bonds. The molecule has 3 aromatic heterocycles. The van der Waals surface area contributed by atoms with Crippen molar-refractivity contribution in [3.05, 3.63) is 60.2 Å². The van der Waals surface area contributed by atoms with Crippen molar-refractivity contribution in [1.82, 2.24) is 19.6 Å². The lowest BCUT2D eigenvalue weighted by Gasteiger charge is -2.06. The van der Waals surface area contributed by atoms with Crippen molar-refractivity contribution < 1.29 is 0 Å². The van der Waals surface area contributed by atoms with Crippen LogP contribution in [0.15, 0.2) is 64.1 Å². The first-order valence-corrected chi connectivity index (χ1v) is 9.20. The second-order valence-electron chi connectivity index (χ2n) is 5.57. The second kappa shape index (κ2) is 5.29. The van der Waals surface area contributed by atoms with Gasteiger partial charge < -0.3 is 0 Å². The summed E-state index contributed by atoms with van der Waals surface area (Å²) in [7, 11) is 0. The number of aryl methyl sites for hydroxylation is 1. The Kier molecular flexibility index (Phi) is 3.08. The van der Waals surface area contributed by atoms with E-state index in [4.69, 9.17) is 4.98 Å². The quantitative estimate of drug-likeness (QED) is 0.453. The average Bonchev–Trinajstić information content (AvgIpc) is 3.19. The van der Waals surface area contributed by atoms with Crippen LogP contribution in [0.2, 0.25) is 0 Å². The first kappa shape index (κ1) is 13.9. The van der Waals surface area contributed by atoms with Gasteiger partial charge in [-0.3, -0.25) is 4.40 Å². The average molecular weight is 348 g/mol. The fraction of sp³-hybridized carbons (Fsp3) is 0.0556. The summed E-state index contributed by atoms with van der Waals surface area (Å²) in [4.78, 5) is 4.69. The zero-order chi connectivity index (χ0) is 16.1. The molecule has 0 saturated heterocycles. The molecular weight excluding hydrogens is 336 g/mol. The lowest BCUT2D eigenvalue weighted by molar-refractivity contribution is 0.939. The monoisotopic (exact) mass is 348 g/mol. The number of aromatic nitrogens is 4. The third-order valence-electron chi connectivity index (χ3n) is 4.03. The van der Waals surface area contributed by atoms with E-state index in [1.54, 1.807) is 23.1 Å². The van der Waals surface area contributed by atoms with E-state index in [9.17, 15) is 0 Å². The molecule has 0 aliphatic rings. The Balaban J connectivity index is 1.70. The largest absolute Gasteiger partial charge is 0.270 e. The number of thiazole rings is 1. The number of hydrogen-bond donors (Lipinski definition) is 0. The SMILES string of the molecule is Cc1cc2nnc(Sc3nc4ccccc4s3)n2c2ccccc12. The molecule has 5 aromatic rings. The van der Waals surface area contributed by atoms with Crippen molar-refractivity contribution in [3.63, 3.8) is 0 Å². The van der Waals surface area contributed by atoms with E-state index in [2.05, 4.69) is 51.9 Å². The van der Waals surface area contributed by atoms with Gasteiger partial charge in [0, 0.05) is 5.39 Å². The summed E-state index contributed by atoms with van der Waals surface area (Å²) in [6.07, 6.45) is 0. The van der Waals surface area contributed by atoms with Crippen molar-refractivity contribution in [2.45, 2.75) is 16.4 Å². The molecule has 116 valence electrons. The number of pyridine rings is 1. The highest BCUT2D eigenvalue weighted by molar-refractivity contribution is 8.01. The number of para-hydroxylation sites is 2. The first-order valence-electron chi connectivity index (χ1n) is 7.56. The highest BCUT2D eigenvalue weighted by atomic mass is 32.2. The maximum atomic E-state index is 4.69. The van der Waals surface area contributed by atoms with Gasteiger partial charge in [-0.15, -0.1) is 21.5 Å². The number of rotatable bonds is 2. The molecule has 3 heterocycles. The topological polar surface area (TPSA) is 43.1 Å². The molecule has 5 rings (SSSR count). The number of nitrogens with zero attached hydrogens (tertiary/aromatic N) is 4. The van der Waals surface area contributed by atoms with Gasteiger partial charge in [0.15, 0.2) is 9.99 Å². The summed E-state index contributed by atoms with van der Waals surface area (Å²) in [5.41, 5.74) is 4.23. The van der Waals surface area contributed by atoms with E-state index in [-0.39, 0.29) is 0 Å². The number of fused-ring (bicyclic) bond motifs is 4. The molecular formula is C18H12N4S2. The predicted octanol–water partition coefficient (Wildman–Crippen LogP) is 4.95. The second-order valence-corrected chi connectivity index (χ2v) is 7.82. The summed E-state index contributed by atoms with van der Waals surface area (Å²) in [5.74, 6) is 0. The van der Waals surface area contributed by atoms with Crippen LogP contribution in [-0.2, 0) is 0 Å². The van der Waals surface area contributed by atoms with Gasteiger partial charge in [-0.25, -0.2) is 4.98 Å². The summed E-state index contributed by atoms with van der Waals surface area (Å²) in [6.45, 7) is 2.11. The molecule has 0 atom stereocenters. The van der Waals surface area contributed by atoms with Crippen LogP contribution in [0.25, 0.3) is 26.8 Å². The highest BCUT2D eigenvalue weighted by Gasteiger charge is 2.14. The smallest absolute Gasteiger partial charge is 0.203 e. The van der Waals surface area contributed by atoms with Crippen LogP contribution in [0.1, 0.15) is 5.56 Å². The van der Waals surface area contributed by atoms with Crippen molar-refractivity contribution in [2.75, 3.05) is 0 Å². The Morgan fingerprint density at radius 3 is 2.75 bits per heavy atom. The zero-order valence-electron chi connectivity index (χ0n) is 12.8. The summed E-state index contributed by atoms with van der Waals surface area (Å²) >= 11 is 3.25. The van der Waals surface area contributed by atoms with Crippen LogP contribution in [0.5, 0.6) is 0 Å². The molecule has 24 heavy (non-hydrogen) atoms. The summed E-state index contributed by atoms with van der Waals surface area (Å²) < 4.78 is 4.28. The normalized spacial score (nSPS) is 11.7. The Labute approximate surface area is 146 Å². The maximum Gasteiger partial charge on any atom is 0.203 e. The Morgan fingerprint density at radius 1 is 1.00 bits per heavy atom. The summed E-state index contributed by atoms with van der Waals surface area (Å²) in [6, 6.07) is 18.6. The molecule has 0 spiro atoms. The molecule has 4 nitrogen and oxygen atoms in total.